The highest BCUT2D eigenvalue weighted by atomic mass is 32.2. The Bertz CT molecular complexity index is 1180. The first-order chi connectivity index (χ1) is 13.6. The molecule has 0 fully saturated rings. The van der Waals surface area contributed by atoms with Crippen LogP contribution in [-0.4, -0.2) is 47.3 Å². The minimum Gasteiger partial charge on any atom is -0.497 e. The number of sulfonamides is 1. The number of nitrogens with zero attached hydrogens (tertiary/aromatic N) is 4. The number of nitrogens with one attached hydrogen (secondary N) is 2. The maximum Gasteiger partial charge on any atom is 0.240 e. The summed E-state index contributed by atoms with van der Waals surface area (Å²) in [6.07, 6.45) is 3.88. The fourth-order valence-corrected chi connectivity index (χ4v) is 3.98. The molecule has 0 saturated heterocycles. The summed E-state index contributed by atoms with van der Waals surface area (Å²) in [6.45, 7) is 0.279. The minimum atomic E-state index is -3.61. The molecule has 0 saturated carbocycles. The van der Waals surface area contributed by atoms with Gasteiger partial charge in [0.2, 0.25) is 10.0 Å². The van der Waals surface area contributed by atoms with Crippen LogP contribution in [-0.2, 0) is 16.4 Å². The zero-order valence-electron chi connectivity index (χ0n) is 15.0. The molecule has 0 amide bonds. The summed E-state index contributed by atoms with van der Waals surface area (Å²) in [4.78, 5) is 3.37. The van der Waals surface area contributed by atoms with Crippen molar-refractivity contribution in [3.63, 3.8) is 0 Å². The maximum atomic E-state index is 12.5. The number of rotatable bonds is 7. The standard InChI is InChI=1S/C18H18N6O3S/c1-27-15-4-7-18-17(10-15)13(11-19-18)8-9-21-28(25,26)16-5-2-14(3-6-16)24-12-20-22-23-24/h2-7,10-12,19,21H,8-9H2,1H3. The summed E-state index contributed by atoms with van der Waals surface area (Å²) in [5.41, 5.74) is 2.68. The largest absolute Gasteiger partial charge is 0.497 e. The van der Waals surface area contributed by atoms with Gasteiger partial charge in [-0.3, -0.25) is 0 Å². The Morgan fingerprint density at radius 2 is 2.00 bits per heavy atom. The molecule has 0 atom stereocenters. The highest BCUT2D eigenvalue weighted by molar-refractivity contribution is 7.89. The summed E-state index contributed by atoms with van der Waals surface area (Å²) >= 11 is 0. The van der Waals surface area contributed by atoms with E-state index in [0.29, 0.717) is 12.1 Å². The Hall–Kier alpha value is -3.24. The second-order valence-electron chi connectivity index (χ2n) is 6.12. The lowest BCUT2D eigenvalue weighted by molar-refractivity contribution is 0.415. The first kappa shape index (κ1) is 18.1. The SMILES string of the molecule is COc1ccc2[nH]cc(CCNS(=O)(=O)c3ccc(-n4cnnn4)cc3)c2c1. The number of hydrogen-bond acceptors (Lipinski definition) is 6. The lowest BCUT2D eigenvalue weighted by atomic mass is 10.1. The number of H-pyrrole nitrogens is 1. The fraction of sp³-hybridized carbons (Fsp3) is 0.167. The van der Waals surface area contributed by atoms with Crippen LogP contribution in [0.4, 0.5) is 0 Å². The Morgan fingerprint density at radius 3 is 2.71 bits per heavy atom. The molecule has 10 heteroatoms. The number of fused-ring (bicyclic) bond motifs is 1. The van der Waals surface area contributed by atoms with E-state index in [9.17, 15) is 8.42 Å². The third kappa shape index (κ3) is 3.59. The lowest BCUT2D eigenvalue weighted by Gasteiger charge is -2.08. The van der Waals surface area contributed by atoms with Gasteiger partial charge < -0.3 is 9.72 Å². The average Bonchev–Trinajstić information content (AvgIpc) is 3.38. The first-order valence-electron chi connectivity index (χ1n) is 8.54. The molecule has 0 unspecified atom stereocenters. The smallest absolute Gasteiger partial charge is 0.240 e. The van der Waals surface area contributed by atoms with Crippen LogP contribution in [0.1, 0.15) is 5.56 Å². The first-order valence-corrected chi connectivity index (χ1v) is 10.0. The van der Waals surface area contributed by atoms with E-state index in [4.69, 9.17) is 4.74 Å². The van der Waals surface area contributed by atoms with E-state index in [-0.39, 0.29) is 11.4 Å². The van der Waals surface area contributed by atoms with Gasteiger partial charge in [-0.15, -0.1) is 5.10 Å². The second kappa shape index (κ2) is 7.41. The van der Waals surface area contributed by atoms with Crippen molar-refractivity contribution in [2.24, 2.45) is 0 Å². The predicted octanol–water partition coefficient (Wildman–Crippen LogP) is 1.67. The highest BCUT2D eigenvalue weighted by Gasteiger charge is 2.14. The van der Waals surface area contributed by atoms with Crippen LogP contribution in [0.2, 0.25) is 0 Å². The molecule has 0 aliphatic carbocycles. The van der Waals surface area contributed by atoms with E-state index in [0.717, 1.165) is 22.2 Å². The molecule has 4 aromatic rings. The normalized spacial score (nSPS) is 11.8. The highest BCUT2D eigenvalue weighted by Crippen LogP contribution is 2.24. The summed E-state index contributed by atoms with van der Waals surface area (Å²) in [5.74, 6) is 0.761. The number of aromatic amines is 1. The van der Waals surface area contributed by atoms with E-state index in [2.05, 4.69) is 25.2 Å². The maximum absolute atomic E-state index is 12.5. The van der Waals surface area contributed by atoms with E-state index in [1.165, 1.54) is 23.1 Å². The van der Waals surface area contributed by atoms with Gasteiger partial charge in [0.05, 0.1) is 17.7 Å². The molecule has 0 bridgehead atoms. The van der Waals surface area contributed by atoms with Gasteiger partial charge in [0.15, 0.2) is 0 Å². The summed E-state index contributed by atoms with van der Waals surface area (Å²) < 4.78 is 34.4. The number of methoxy groups -OCH3 is 1. The predicted molar refractivity (Wildman–Crippen MR) is 103 cm³/mol. The molecule has 4 rings (SSSR count). The zero-order chi connectivity index (χ0) is 19.6. The van der Waals surface area contributed by atoms with Crippen LogP contribution < -0.4 is 9.46 Å². The van der Waals surface area contributed by atoms with Crippen LogP contribution in [0.5, 0.6) is 5.75 Å². The summed E-state index contributed by atoms with van der Waals surface area (Å²) in [5, 5.41) is 11.9. The van der Waals surface area contributed by atoms with Gasteiger partial charge in [-0.25, -0.2) is 17.8 Å². The lowest BCUT2D eigenvalue weighted by Crippen LogP contribution is -2.26. The summed E-state index contributed by atoms with van der Waals surface area (Å²) in [7, 11) is -1.99. The van der Waals surface area contributed by atoms with E-state index >= 15 is 0 Å². The molecule has 144 valence electrons. The van der Waals surface area contributed by atoms with E-state index < -0.39 is 10.0 Å². The van der Waals surface area contributed by atoms with Crippen molar-refractivity contribution >= 4 is 20.9 Å². The number of aromatic nitrogens is 5. The average molecular weight is 398 g/mol. The molecule has 0 aliphatic heterocycles. The van der Waals surface area contributed by atoms with Crippen molar-refractivity contribution < 1.29 is 13.2 Å². The van der Waals surface area contributed by atoms with Crippen LogP contribution in [0, 0.1) is 0 Å². The topological polar surface area (TPSA) is 115 Å². The van der Waals surface area contributed by atoms with Gasteiger partial charge >= 0.3 is 0 Å². The van der Waals surface area contributed by atoms with Crippen LogP contribution in [0.25, 0.3) is 16.6 Å². The molecule has 2 aromatic carbocycles. The van der Waals surface area contributed by atoms with Gasteiger partial charge in [-0.2, -0.15) is 0 Å². The Kier molecular flexibility index (Phi) is 4.80. The van der Waals surface area contributed by atoms with Crippen LogP contribution in [0.15, 0.2) is 59.9 Å². The molecule has 0 radical (unpaired) electrons. The molecular weight excluding hydrogens is 380 g/mol. The molecule has 0 spiro atoms. The number of tetrazole rings is 1. The Labute approximate surface area is 161 Å². The van der Waals surface area contributed by atoms with Crippen molar-refractivity contribution in [2.75, 3.05) is 13.7 Å². The van der Waals surface area contributed by atoms with Gasteiger partial charge in [0.25, 0.3) is 0 Å². The third-order valence-corrected chi connectivity index (χ3v) is 5.90. The number of ether oxygens (including phenoxy) is 1. The van der Waals surface area contributed by atoms with Crippen molar-refractivity contribution in [1.29, 1.82) is 0 Å². The van der Waals surface area contributed by atoms with Crippen LogP contribution in [0.3, 0.4) is 0 Å². The minimum absolute atomic E-state index is 0.185. The molecule has 9 nitrogen and oxygen atoms in total. The molecule has 2 N–H and O–H groups in total. The van der Waals surface area contributed by atoms with Crippen molar-refractivity contribution in [3.8, 4) is 11.4 Å². The van der Waals surface area contributed by atoms with Crippen molar-refractivity contribution in [2.45, 2.75) is 11.3 Å². The number of benzene rings is 2. The van der Waals surface area contributed by atoms with Crippen LogP contribution >= 0.6 is 0 Å². The zero-order valence-corrected chi connectivity index (χ0v) is 15.8. The summed E-state index contributed by atoms with van der Waals surface area (Å²) in [6, 6.07) is 12.1. The van der Waals surface area contributed by atoms with E-state index in [1.54, 1.807) is 19.2 Å². The quantitative estimate of drug-likeness (QED) is 0.489. The monoisotopic (exact) mass is 398 g/mol. The van der Waals surface area contributed by atoms with E-state index in [1.807, 2.05) is 24.4 Å². The van der Waals surface area contributed by atoms with Gasteiger partial charge in [0, 0.05) is 23.6 Å². The van der Waals surface area contributed by atoms with Gasteiger partial charge in [0.1, 0.15) is 12.1 Å². The molecular formula is C18H18N6O3S. The molecule has 2 heterocycles. The molecule has 28 heavy (non-hydrogen) atoms. The third-order valence-electron chi connectivity index (χ3n) is 4.42. The number of hydrogen-bond donors (Lipinski definition) is 2. The van der Waals surface area contributed by atoms with Gasteiger partial charge in [-0.1, -0.05) is 0 Å². The molecule has 0 aliphatic rings. The Morgan fingerprint density at radius 1 is 1.18 bits per heavy atom. The van der Waals surface area contributed by atoms with Crippen molar-refractivity contribution in [3.05, 3.63) is 60.6 Å². The fourth-order valence-electron chi connectivity index (χ4n) is 2.95. The second-order valence-corrected chi connectivity index (χ2v) is 7.89. The Balaban J connectivity index is 1.44. The van der Waals surface area contributed by atoms with Gasteiger partial charge in [-0.05, 0) is 64.9 Å². The molecule has 2 aromatic heterocycles. The van der Waals surface area contributed by atoms with Crippen molar-refractivity contribution in [1.82, 2.24) is 29.9 Å².